The van der Waals surface area contributed by atoms with E-state index >= 15 is 0 Å². The van der Waals surface area contributed by atoms with Gasteiger partial charge in [-0.15, -0.1) is 0 Å². The summed E-state index contributed by atoms with van der Waals surface area (Å²) < 4.78 is 28.7. The van der Waals surface area contributed by atoms with Gasteiger partial charge in [-0.1, -0.05) is 18.2 Å². The van der Waals surface area contributed by atoms with Crippen LogP contribution in [-0.2, 0) is 11.3 Å². The van der Waals surface area contributed by atoms with Gasteiger partial charge in [0.1, 0.15) is 18.2 Å². The van der Waals surface area contributed by atoms with Crippen molar-refractivity contribution in [3.8, 4) is 0 Å². The summed E-state index contributed by atoms with van der Waals surface area (Å²) in [5.41, 5.74) is 6.80. The highest BCUT2D eigenvalue weighted by molar-refractivity contribution is 6.12. The van der Waals surface area contributed by atoms with Gasteiger partial charge in [-0.3, -0.25) is 4.79 Å². The number of aromatic nitrogens is 2. The van der Waals surface area contributed by atoms with E-state index in [-0.39, 0.29) is 35.0 Å². The fourth-order valence-electron chi connectivity index (χ4n) is 2.50. The molecule has 0 aliphatic rings. The first-order valence-electron chi connectivity index (χ1n) is 8.29. The van der Waals surface area contributed by atoms with Crippen molar-refractivity contribution in [3.63, 3.8) is 0 Å². The van der Waals surface area contributed by atoms with Crippen LogP contribution in [0.15, 0.2) is 61.2 Å². The molecule has 0 radical (unpaired) electrons. The Labute approximate surface area is 159 Å². The van der Waals surface area contributed by atoms with Gasteiger partial charge in [0.2, 0.25) is 5.91 Å². The van der Waals surface area contributed by atoms with E-state index in [0.29, 0.717) is 5.56 Å². The molecule has 0 aliphatic heterocycles. The Morgan fingerprint density at radius 3 is 2.68 bits per heavy atom. The zero-order valence-corrected chi connectivity index (χ0v) is 14.7. The standard InChI is InChI=1S/C20H17F2N5O/c21-14-4-1-13(2-5-14)3-6-17(23)15-9-19(16(22)10-18(15)24)26-20(28)11-27-8-7-25-12-27/h1-10,12,23H,11,24H2,(H,26,28)/b6-3+,23-17?. The number of carbonyl (C=O) groups is 1. The minimum atomic E-state index is -0.699. The van der Waals surface area contributed by atoms with Gasteiger partial charge < -0.3 is 21.0 Å². The number of allylic oxidation sites excluding steroid dienone is 1. The predicted molar refractivity (Wildman–Crippen MR) is 104 cm³/mol. The van der Waals surface area contributed by atoms with Crippen LogP contribution in [-0.4, -0.2) is 21.2 Å². The number of nitrogens with one attached hydrogen (secondary N) is 2. The van der Waals surface area contributed by atoms with Gasteiger partial charge in [-0.2, -0.15) is 0 Å². The lowest BCUT2D eigenvalue weighted by Crippen LogP contribution is -2.19. The van der Waals surface area contributed by atoms with Crippen LogP contribution in [0.4, 0.5) is 20.2 Å². The Morgan fingerprint density at radius 1 is 1.25 bits per heavy atom. The van der Waals surface area contributed by atoms with Crippen LogP contribution < -0.4 is 11.1 Å². The first-order valence-corrected chi connectivity index (χ1v) is 8.29. The van der Waals surface area contributed by atoms with Crippen molar-refractivity contribution in [1.82, 2.24) is 9.55 Å². The smallest absolute Gasteiger partial charge is 0.244 e. The molecule has 3 rings (SSSR count). The van der Waals surface area contributed by atoms with Gasteiger partial charge in [0.25, 0.3) is 0 Å². The molecule has 2 aromatic carbocycles. The number of hydrogen-bond acceptors (Lipinski definition) is 4. The summed E-state index contributed by atoms with van der Waals surface area (Å²) in [4.78, 5) is 15.9. The summed E-state index contributed by atoms with van der Waals surface area (Å²) >= 11 is 0. The number of nitrogens with two attached hydrogens (primary N) is 1. The van der Waals surface area contributed by atoms with Gasteiger partial charge in [0.05, 0.1) is 17.7 Å². The summed E-state index contributed by atoms with van der Waals surface area (Å²) in [5, 5.41) is 10.7. The third-order valence-corrected chi connectivity index (χ3v) is 3.90. The highest BCUT2D eigenvalue weighted by atomic mass is 19.1. The average Bonchev–Trinajstić information content (AvgIpc) is 3.16. The minimum absolute atomic E-state index is 0.0203. The molecule has 0 spiro atoms. The SMILES string of the molecule is N=C(/C=C/c1ccc(F)cc1)c1cc(NC(=O)Cn2ccnc2)c(F)cc1N. The van der Waals surface area contributed by atoms with Crippen LogP contribution in [0.1, 0.15) is 11.1 Å². The number of amides is 1. The van der Waals surface area contributed by atoms with E-state index in [1.54, 1.807) is 29.0 Å². The van der Waals surface area contributed by atoms with Crippen LogP contribution in [0.25, 0.3) is 6.08 Å². The molecule has 0 bridgehead atoms. The Kier molecular flexibility index (Phi) is 5.59. The molecule has 0 atom stereocenters. The zero-order valence-electron chi connectivity index (χ0n) is 14.7. The van der Waals surface area contributed by atoms with Gasteiger partial charge >= 0.3 is 0 Å². The van der Waals surface area contributed by atoms with E-state index < -0.39 is 11.7 Å². The average molecular weight is 381 g/mol. The first-order chi connectivity index (χ1) is 13.4. The van der Waals surface area contributed by atoms with Gasteiger partial charge in [-0.05, 0) is 35.9 Å². The molecule has 3 aromatic rings. The molecule has 0 fully saturated rings. The molecule has 28 heavy (non-hydrogen) atoms. The van der Waals surface area contributed by atoms with E-state index in [1.165, 1.54) is 36.8 Å². The van der Waals surface area contributed by atoms with Crippen LogP contribution >= 0.6 is 0 Å². The van der Waals surface area contributed by atoms with Crippen molar-refractivity contribution in [1.29, 1.82) is 5.41 Å². The van der Waals surface area contributed by atoms with Crippen LogP contribution in [0, 0.1) is 17.0 Å². The van der Waals surface area contributed by atoms with E-state index in [2.05, 4.69) is 10.3 Å². The molecule has 4 N–H and O–H groups in total. The van der Waals surface area contributed by atoms with E-state index in [0.717, 1.165) is 6.07 Å². The van der Waals surface area contributed by atoms with Gasteiger partial charge in [0.15, 0.2) is 0 Å². The molecule has 1 aromatic heterocycles. The number of rotatable bonds is 6. The molecular weight excluding hydrogens is 364 g/mol. The topological polar surface area (TPSA) is 96.8 Å². The lowest BCUT2D eigenvalue weighted by Gasteiger charge is -2.11. The fraction of sp³-hybridized carbons (Fsp3) is 0.0500. The summed E-state index contributed by atoms with van der Waals surface area (Å²) in [5.74, 6) is -1.50. The lowest BCUT2D eigenvalue weighted by molar-refractivity contribution is -0.116. The highest BCUT2D eigenvalue weighted by Gasteiger charge is 2.13. The third kappa shape index (κ3) is 4.67. The Bertz CT molecular complexity index is 1030. The van der Waals surface area contributed by atoms with Crippen molar-refractivity contribution < 1.29 is 13.6 Å². The molecular formula is C20H17F2N5O. The number of carbonyl (C=O) groups excluding carboxylic acids is 1. The molecule has 8 heteroatoms. The van der Waals surface area contributed by atoms with E-state index in [4.69, 9.17) is 11.1 Å². The lowest BCUT2D eigenvalue weighted by atomic mass is 10.0. The molecule has 0 aliphatic carbocycles. The second-order valence-electron chi connectivity index (χ2n) is 6.00. The highest BCUT2D eigenvalue weighted by Crippen LogP contribution is 2.23. The van der Waals surface area contributed by atoms with Crippen molar-refractivity contribution in [2.45, 2.75) is 6.54 Å². The van der Waals surface area contributed by atoms with E-state index in [9.17, 15) is 13.6 Å². The molecule has 0 saturated heterocycles. The second kappa shape index (κ2) is 8.26. The Morgan fingerprint density at radius 2 is 2.00 bits per heavy atom. The quantitative estimate of drug-likeness (QED) is 0.451. The maximum absolute atomic E-state index is 14.2. The maximum atomic E-state index is 14.2. The summed E-state index contributed by atoms with van der Waals surface area (Å²) in [6.07, 6.45) is 7.69. The van der Waals surface area contributed by atoms with Gasteiger partial charge in [-0.25, -0.2) is 13.8 Å². The van der Waals surface area contributed by atoms with Crippen LogP contribution in [0.5, 0.6) is 0 Å². The summed E-state index contributed by atoms with van der Waals surface area (Å²) in [7, 11) is 0. The number of anilines is 2. The minimum Gasteiger partial charge on any atom is -0.398 e. The number of halogens is 2. The maximum Gasteiger partial charge on any atom is 0.244 e. The van der Waals surface area contributed by atoms with Crippen LogP contribution in [0.3, 0.4) is 0 Å². The first kappa shape index (κ1) is 19.0. The van der Waals surface area contributed by atoms with Crippen molar-refractivity contribution in [2.24, 2.45) is 0 Å². The molecule has 142 valence electrons. The number of hydrogen-bond donors (Lipinski definition) is 3. The number of nitrogen functional groups attached to an aromatic ring is 1. The largest absolute Gasteiger partial charge is 0.398 e. The number of benzene rings is 2. The van der Waals surface area contributed by atoms with Gasteiger partial charge in [0, 0.05) is 23.6 Å². The van der Waals surface area contributed by atoms with Crippen LogP contribution in [0.2, 0.25) is 0 Å². The normalized spacial score (nSPS) is 10.9. The van der Waals surface area contributed by atoms with Crippen molar-refractivity contribution in [2.75, 3.05) is 11.1 Å². The van der Waals surface area contributed by atoms with E-state index in [1.807, 2.05) is 0 Å². The molecule has 0 unspecified atom stereocenters. The second-order valence-corrected chi connectivity index (χ2v) is 6.00. The molecule has 0 saturated carbocycles. The predicted octanol–water partition coefficient (Wildman–Crippen LogP) is 3.46. The summed E-state index contributed by atoms with van der Waals surface area (Å²) in [6, 6.07) is 8.12. The van der Waals surface area contributed by atoms with Crippen molar-refractivity contribution in [3.05, 3.63) is 84.0 Å². The molecule has 1 heterocycles. The summed E-state index contributed by atoms with van der Waals surface area (Å²) in [6.45, 7) is -0.0267. The van der Waals surface area contributed by atoms with Crippen molar-refractivity contribution >= 4 is 29.1 Å². The zero-order chi connectivity index (χ0) is 20.1. The Hall–Kier alpha value is -3.81. The number of imidazole rings is 1. The Balaban J connectivity index is 1.77. The number of nitrogens with zero attached hydrogens (tertiary/aromatic N) is 2. The third-order valence-electron chi connectivity index (χ3n) is 3.90. The molecule has 1 amide bonds. The fourth-order valence-corrected chi connectivity index (χ4v) is 2.50. The molecule has 6 nitrogen and oxygen atoms in total. The monoisotopic (exact) mass is 381 g/mol.